The van der Waals surface area contributed by atoms with E-state index in [1.165, 1.54) is 12.1 Å². The molecular weight excluding hydrogens is 416 g/mol. The van der Waals surface area contributed by atoms with Crippen LogP contribution in [0.1, 0.15) is 39.7 Å². The zero-order valence-electron chi connectivity index (χ0n) is 18.9. The second-order valence-electron chi connectivity index (χ2n) is 8.19. The van der Waals surface area contributed by atoms with Crippen molar-refractivity contribution in [1.82, 2.24) is 16.0 Å². The van der Waals surface area contributed by atoms with E-state index in [2.05, 4.69) is 16.0 Å². The number of phenols is 1. The van der Waals surface area contributed by atoms with Gasteiger partial charge >= 0.3 is 5.97 Å². The van der Waals surface area contributed by atoms with Crippen molar-refractivity contribution in [2.75, 3.05) is 6.54 Å². The molecule has 0 saturated heterocycles. The van der Waals surface area contributed by atoms with Crippen LogP contribution in [-0.2, 0) is 25.6 Å². The molecule has 1 aromatic rings. The molecule has 0 bridgehead atoms. The molecule has 32 heavy (non-hydrogen) atoms. The number of carboxylic acid groups (broad SMARTS) is 1. The summed E-state index contributed by atoms with van der Waals surface area (Å²) in [6.45, 7) is 6.66. The number of rotatable bonds is 12. The predicted octanol–water partition coefficient (Wildman–Crippen LogP) is 0.135. The van der Waals surface area contributed by atoms with E-state index in [0.29, 0.717) is 12.0 Å². The topological polar surface area (TPSA) is 171 Å². The highest BCUT2D eigenvalue weighted by Crippen LogP contribution is 2.12. The lowest BCUT2D eigenvalue weighted by molar-refractivity contribution is -0.143. The van der Waals surface area contributed by atoms with E-state index >= 15 is 0 Å². The van der Waals surface area contributed by atoms with E-state index in [1.54, 1.807) is 26.0 Å². The van der Waals surface area contributed by atoms with Gasteiger partial charge in [-0.05, 0) is 29.5 Å². The van der Waals surface area contributed by atoms with Crippen LogP contribution in [0.4, 0.5) is 0 Å². The lowest BCUT2D eigenvalue weighted by Gasteiger charge is -2.24. The summed E-state index contributed by atoms with van der Waals surface area (Å²) >= 11 is 0. The van der Waals surface area contributed by atoms with E-state index < -0.39 is 41.8 Å². The van der Waals surface area contributed by atoms with Gasteiger partial charge in [-0.1, -0.05) is 46.2 Å². The highest BCUT2D eigenvalue weighted by Gasteiger charge is 2.29. The summed E-state index contributed by atoms with van der Waals surface area (Å²) in [6, 6.07) is 3.08. The van der Waals surface area contributed by atoms with Gasteiger partial charge in [0, 0.05) is 6.42 Å². The van der Waals surface area contributed by atoms with Crippen molar-refractivity contribution in [3.63, 3.8) is 0 Å². The molecule has 0 fully saturated rings. The highest BCUT2D eigenvalue weighted by atomic mass is 16.4. The molecule has 0 radical (unpaired) electrons. The minimum Gasteiger partial charge on any atom is -0.508 e. The number of amides is 3. The Morgan fingerprint density at radius 2 is 1.59 bits per heavy atom. The smallest absolute Gasteiger partial charge is 0.326 e. The van der Waals surface area contributed by atoms with Crippen molar-refractivity contribution in [1.29, 1.82) is 0 Å². The second kappa shape index (κ2) is 12.7. The maximum atomic E-state index is 12.8. The van der Waals surface area contributed by atoms with Gasteiger partial charge in [0.2, 0.25) is 17.7 Å². The van der Waals surface area contributed by atoms with Gasteiger partial charge in [0.05, 0.1) is 12.6 Å². The predicted molar refractivity (Wildman–Crippen MR) is 119 cm³/mol. The molecule has 4 unspecified atom stereocenters. The summed E-state index contributed by atoms with van der Waals surface area (Å²) in [5, 5.41) is 26.2. The number of benzene rings is 1. The fourth-order valence-corrected chi connectivity index (χ4v) is 2.89. The van der Waals surface area contributed by atoms with Crippen molar-refractivity contribution in [3.05, 3.63) is 29.8 Å². The number of carbonyl (C=O) groups is 4. The summed E-state index contributed by atoms with van der Waals surface area (Å²) in [5.74, 6) is -3.34. The van der Waals surface area contributed by atoms with Crippen LogP contribution in [0, 0.1) is 11.8 Å². The fraction of sp³-hybridized carbons (Fsp3) is 0.545. The molecule has 7 N–H and O–H groups in total. The summed E-state index contributed by atoms with van der Waals surface area (Å²) in [7, 11) is 0. The Labute approximate surface area is 187 Å². The summed E-state index contributed by atoms with van der Waals surface area (Å²) in [6.07, 6.45) is 0.763. The molecule has 3 amide bonds. The van der Waals surface area contributed by atoms with Crippen molar-refractivity contribution >= 4 is 23.7 Å². The Balaban J connectivity index is 2.88. The van der Waals surface area contributed by atoms with Crippen LogP contribution >= 0.6 is 0 Å². The van der Waals surface area contributed by atoms with Gasteiger partial charge in [0.15, 0.2) is 0 Å². The minimum absolute atomic E-state index is 0.0462. The molecule has 0 aliphatic rings. The third-order valence-electron chi connectivity index (χ3n) is 5.24. The van der Waals surface area contributed by atoms with Crippen LogP contribution in [0.3, 0.4) is 0 Å². The number of aliphatic carboxylic acids is 1. The normalized spacial score (nSPS) is 14.7. The van der Waals surface area contributed by atoms with E-state index in [-0.39, 0.29) is 30.6 Å². The Kier molecular flexibility index (Phi) is 10.6. The second-order valence-corrected chi connectivity index (χ2v) is 8.19. The monoisotopic (exact) mass is 450 g/mol. The number of phenolic OH excluding ortho intramolecular Hbond substituents is 1. The van der Waals surface area contributed by atoms with Crippen LogP contribution in [0.25, 0.3) is 0 Å². The summed E-state index contributed by atoms with van der Waals surface area (Å²) in [4.78, 5) is 48.8. The molecule has 0 spiro atoms. The first-order valence-corrected chi connectivity index (χ1v) is 10.6. The van der Waals surface area contributed by atoms with E-state index in [4.69, 9.17) is 5.73 Å². The average molecular weight is 451 g/mol. The van der Waals surface area contributed by atoms with Gasteiger partial charge in [-0.2, -0.15) is 0 Å². The Morgan fingerprint density at radius 3 is 2.09 bits per heavy atom. The largest absolute Gasteiger partial charge is 0.508 e. The summed E-state index contributed by atoms with van der Waals surface area (Å²) in [5.41, 5.74) is 6.49. The molecule has 178 valence electrons. The van der Waals surface area contributed by atoms with Gasteiger partial charge in [-0.3, -0.25) is 14.4 Å². The van der Waals surface area contributed by atoms with E-state index in [0.717, 1.165) is 0 Å². The van der Waals surface area contributed by atoms with Crippen molar-refractivity contribution in [3.8, 4) is 5.75 Å². The SMILES string of the molecule is CCC(C)C(N)C(=O)NCC(=O)NC(Cc1ccc(O)cc1)C(=O)NC(C(=O)O)C(C)C. The molecule has 0 aliphatic heterocycles. The number of carboxylic acids is 1. The molecule has 1 aromatic carbocycles. The van der Waals surface area contributed by atoms with E-state index in [1.807, 2.05) is 13.8 Å². The molecule has 0 saturated carbocycles. The standard InChI is InChI=1S/C22H34N4O6/c1-5-13(4)18(23)21(30)24-11-17(28)25-16(10-14-6-8-15(27)9-7-14)20(29)26-19(12(2)3)22(31)32/h6-9,12-13,16,18-19,27H,5,10-11,23H2,1-4H3,(H,24,30)(H,25,28)(H,26,29)(H,31,32). The molecule has 0 heterocycles. The molecule has 10 heteroatoms. The Hall–Kier alpha value is -3.14. The molecule has 0 aliphatic carbocycles. The molecular formula is C22H34N4O6. The minimum atomic E-state index is -1.19. The maximum absolute atomic E-state index is 12.8. The maximum Gasteiger partial charge on any atom is 0.326 e. The zero-order valence-corrected chi connectivity index (χ0v) is 18.9. The summed E-state index contributed by atoms with van der Waals surface area (Å²) < 4.78 is 0. The number of hydrogen-bond acceptors (Lipinski definition) is 6. The molecule has 0 aromatic heterocycles. The number of aromatic hydroxyl groups is 1. The number of nitrogens with two attached hydrogens (primary N) is 1. The molecule has 4 atom stereocenters. The average Bonchev–Trinajstić information content (AvgIpc) is 2.74. The number of nitrogens with one attached hydrogen (secondary N) is 3. The first-order chi connectivity index (χ1) is 15.0. The molecule has 1 rings (SSSR count). The van der Waals surface area contributed by atoms with Crippen LogP contribution in [-0.4, -0.2) is 58.6 Å². The lowest BCUT2D eigenvalue weighted by atomic mass is 9.99. The highest BCUT2D eigenvalue weighted by molar-refractivity contribution is 5.92. The number of carbonyl (C=O) groups excluding carboxylic acids is 3. The lowest BCUT2D eigenvalue weighted by Crippen LogP contribution is -2.55. The van der Waals surface area contributed by atoms with Crippen molar-refractivity contribution in [2.45, 2.75) is 58.7 Å². The van der Waals surface area contributed by atoms with Gasteiger partial charge in [-0.15, -0.1) is 0 Å². The van der Waals surface area contributed by atoms with Crippen LogP contribution < -0.4 is 21.7 Å². The zero-order chi connectivity index (χ0) is 24.4. The Morgan fingerprint density at radius 1 is 1.00 bits per heavy atom. The third-order valence-corrected chi connectivity index (χ3v) is 5.24. The third kappa shape index (κ3) is 8.54. The van der Waals surface area contributed by atoms with E-state index in [9.17, 15) is 29.4 Å². The first-order valence-electron chi connectivity index (χ1n) is 10.6. The Bertz CT molecular complexity index is 796. The molecule has 10 nitrogen and oxygen atoms in total. The number of hydrogen-bond donors (Lipinski definition) is 6. The quantitative estimate of drug-likeness (QED) is 0.263. The van der Waals surface area contributed by atoms with Crippen LogP contribution in [0.2, 0.25) is 0 Å². The van der Waals surface area contributed by atoms with Crippen molar-refractivity contribution < 1.29 is 29.4 Å². The van der Waals surface area contributed by atoms with Gasteiger partial charge in [0.1, 0.15) is 17.8 Å². The van der Waals surface area contributed by atoms with Gasteiger partial charge in [-0.25, -0.2) is 4.79 Å². The first kappa shape index (κ1) is 26.9. The van der Waals surface area contributed by atoms with Crippen molar-refractivity contribution in [2.24, 2.45) is 17.6 Å². The van der Waals surface area contributed by atoms with Crippen LogP contribution in [0.15, 0.2) is 24.3 Å². The van der Waals surface area contributed by atoms with Gasteiger partial charge in [0.25, 0.3) is 0 Å². The van der Waals surface area contributed by atoms with Crippen LogP contribution in [0.5, 0.6) is 5.75 Å². The van der Waals surface area contributed by atoms with Gasteiger partial charge < -0.3 is 31.9 Å². The fourth-order valence-electron chi connectivity index (χ4n) is 2.89.